The third-order valence-corrected chi connectivity index (χ3v) is 5.16. The molecule has 3 nitrogen and oxygen atoms in total. The summed E-state index contributed by atoms with van der Waals surface area (Å²) in [6, 6.07) is 13.0. The third kappa shape index (κ3) is 3.70. The number of carbonyl (C=O) groups excluding carboxylic acids is 1. The largest absolute Gasteiger partial charge is 0.368 e. The smallest absolute Gasteiger partial charge is 0.247 e. The van der Waals surface area contributed by atoms with Gasteiger partial charge in [-0.05, 0) is 81.3 Å². The molecule has 0 aliphatic carbocycles. The summed E-state index contributed by atoms with van der Waals surface area (Å²) in [4.78, 5) is 12.0. The van der Waals surface area contributed by atoms with Gasteiger partial charge in [-0.3, -0.25) is 4.79 Å². The summed E-state index contributed by atoms with van der Waals surface area (Å²) < 4.78 is 1.85. The molecule has 0 heterocycles. The summed E-state index contributed by atoms with van der Waals surface area (Å²) in [6.07, 6.45) is 0. The summed E-state index contributed by atoms with van der Waals surface area (Å²) >= 11 is 11.6. The van der Waals surface area contributed by atoms with E-state index in [2.05, 4.69) is 43.8 Å². The first kappa shape index (κ1) is 16.6. The van der Waals surface area contributed by atoms with Gasteiger partial charge in [0.15, 0.2) is 0 Å². The Morgan fingerprint density at radius 3 is 2.43 bits per heavy atom. The van der Waals surface area contributed by atoms with Crippen molar-refractivity contribution >= 4 is 61.7 Å². The number of anilines is 1. The van der Waals surface area contributed by atoms with E-state index in [9.17, 15) is 4.79 Å². The summed E-state index contributed by atoms with van der Waals surface area (Å²) in [5.41, 5.74) is 6.18. The van der Waals surface area contributed by atoms with Gasteiger partial charge in [0.2, 0.25) is 5.91 Å². The highest BCUT2D eigenvalue weighted by Gasteiger charge is 2.33. The highest BCUT2D eigenvalue weighted by atomic mass is 127. The van der Waals surface area contributed by atoms with Crippen LogP contribution in [0.4, 0.5) is 5.69 Å². The Bertz CT molecular complexity index is 678. The lowest BCUT2D eigenvalue weighted by molar-refractivity contribution is -0.122. The molecule has 6 heteroatoms. The fraction of sp³-hybridized carbons (Fsp3) is 0.133. The van der Waals surface area contributed by atoms with Crippen LogP contribution in [0.1, 0.15) is 12.5 Å². The fourth-order valence-corrected chi connectivity index (χ4v) is 2.78. The van der Waals surface area contributed by atoms with Gasteiger partial charge in [0, 0.05) is 13.7 Å². The second-order valence-corrected chi connectivity index (χ2v) is 7.26. The molecular weight excluding hydrogens is 466 g/mol. The molecular formula is C15H13BrClIN2O. The number of carbonyl (C=O) groups is 1. The molecule has 110 valence electrons. The second kappa shape index (κ2) is 6.54. The van der Waals surface area contributed by atoms with E-state index in [0.29, 0.717) is 5.02 Å². The molecule has 2 aromatic rings. The van der Waals surface area contributed by atoms with Crippen LogP contribution in [-0.4, -0.2) is 5.91 Å². The maximum absolute atomic E-state index is 12.0. The highest BCUT2D eigenvalue weighted by molar-refractivity contribution is 14.1. The number of hydrogen-bond acceptors (Lipinski definition) is 2. The summed E-state index contributed by atoms with van der Waals surface area (Å²) in [7, 11) is 0. The molecule has 0 radical (unpaired) electrons. The molecule has 0 bridgehead atoms. The van der Waals surface area contributed by atoms with Crippen LogP contribution in [0.25, 0.3) is 0 Å². The van der Waals surface area contributed by atoms with Gasteiger partial charge in [0.25, 0.3) is 0 Å². The van der Waals surface area contributed by atoms with Gasteiger partial charge in [-0.15, -0.1) is 0 Å². The first-order valence-corrected chi connectivity index (χ1v) is 8.37. The van der Waals surface area contributed by atoms with Gasteiger partial charge in [0.1, 0.15) is 5.54 Å². The Balaban J connectivity index is 2.40. The minimum atomic E-state index is -1.00. The van der Waals surface area contributed by atoms with Crippen molar-refractivity contribution in [2.24, 2.45) is 5.73 Å². The molecule has 0 aliphatic heterocycles. The first-order chi connectivity index (χ1) is 9.83. The SMILES string of the molecule is CC(Nc1ccc(Cl)c(Br)c1)(C(N)=O)c1ccc(I)cc1. The van der Waals surface area contributed by atoms with Crippen LogP contribution in [0, 0.1) is 3.57 Å². The van der Waals surface area contributed by atoms with Crippen LogP contribution in [0.15, 0.2) is 46.9 Å². The van der Waals surface area contributed by atoms with Crippen LogP contribution in [0.3, 0.4) is 0 Å². The molecule has 1 unspecified atom stereocenters. The number of rotatable bonds is 4. The number of benzene rings is 2. The normalized spacial score (nSPS) is 13.5. The quantitative estimate of drug-likeness (QED) is 0.634. The Hall–Kier alpha value is -0.790. The molecule has 1 atom stereocenters. The number of nitrogens with one attached hydrogen (secondary N) is 1. The molecule has 1 amide bonds. The molecule has 3 N–H and O–H groups in total. The van der Waals surface area contributed by atoms with Crippen LogP contribution < -0.4 is 11.1 Å². The summed E-state index contributed by atoms with van der Waals surface area (Å²) in [6.45, 7) is 1.76. The molecule has 0 spiro atoms. The number of hydrogen-bond donors (Lipinski definition) is 2. The van der Waals surface area contributed by atoms with E-state index in [1.807, 2.05) is 30.3 Å². The van der Waals surface area contributed by atoms with Crippen molar-refractivity contribution in [1.82, 2.24) is 0 Å². The topological polar surface area (TPSA) is 55.1 Å². The Morgan fingerprint density at radius 2 is 1.90 bits per heavy atom. The minimum Gasteiger partial charge on any atom is -0.368 e. The predicted molar refractivity (Wildman–Crippen MR) is 98.5 cm³/mol. The van der Waals surface area contributed by atoms with E-state index in [0.717, 1.165) is 19.3 Å². The number of halogens is 3. The van der Waals surface area contributed by atoms with E-state index in [-0.39, 0.29) is 0 Å². The number of nitrogens with two attached hydrogens (primary N) is 1. The molecule has 0 aromatic heterocycles. The van der Waals surface area contributed by atoms with Gasteiger partial charge in [-0.25, -0.2) is 0 Å². The van der Waals surface area contributed by atoms with Gasteiger partial charge >= 0.3 is 0 Å². The van der Waals surface area contributed by atoms with Crippen molar-refractivity contribution in [2.45, 2.75) is 12.5 Å². The standard InChI is InChI=1S/C15H13BrClIN2O/c1-15(14(19)21,9-2-4-10(18)5-3-9)20-11-6-7-13(17)12(16)8-11/h2-8,20H,1H3,(H2,19,21). The average Bonchev–Trinajstić information content (AvgIpc) is 2.43. The van der Waals surface area contributed by atoms with Crippen molar-refractivity contribution in [2.75, 3.05) is 5.32 Å². The molecule has 0 saturated heterocycles. The molecule has 0 saturated carbocycles. The van der Waals surface area contributed by atoms with E-state index in [1.54, 1.807) is 19.1 Å². The zero-order chi connectivity index (χ0) is 15.6. The Morgan fingerprint density at radius 1 is 1.29 bits per heavy atom. The van der Waals surface area contributed by atoms with Gasteiger partial charge in [0.05, 0.1) is 5.02 Å². The van der Waals surface area contributed by atoms with Crippen LogP contribution >= 0.6 is 50.1 Å². The minimum absolute atomic E-state index is 0.449. The second-order valence-electron chi connectivity index (χ2n) is 4.75. The lowest BCUT2D eigenvalue weighted by Crippen LogP contribution is -2.45. The van der Waals surface area contributed by atoms with Crippen LogP contribution in [0.5, 0.6) is 0 Å². The number of amides is 1. The van der Waals surface area contributed by atoms with Gasteiger partial charge in [-0.2, -0.15) is 0 Å². The average molecular weight is 480 g/mol. The third-order valence-electron chi connectivity index (χ3n) is 3.23. The lowest BCUT2D eigenvalue weighted by Gasteiger charge is -2.29. The van der Waals surface area contributed by atoms with E-state index >= 15 is 0 Å². The summed E-state index contributed by atoms with van der Waals surface area (Å²) in [5, 5.41) is 3.80. The zero-order valence-corrected chi connectivity index (χ0v) is 15.7. The first-order valence-electron chi connectivity index (χ1n) is 6.12. The van der Waals surface area contributed by atoms with Crippen molar-refractivity contribution in [3.05, 3.63) is 61.1 Å². The van der Waals surface area contributed by atoms with Gasteiger partial charge in [-0.1, -0.05) is 23.7 Å². The van der Waals surface area contributed by atoms with E-state index < -0.39 is 11.4 Å². The van der Waals surface area contributed by atoms with E-state index in [1.165, 1.54) is 0 Å². The molecule has 0 fully saturated rings. The van der Waals surface area contributed by atoms with Gasteiger partial charge < -0.3 is 11.1 Å². The van der Waals surface area contributed by atoms with Crippen molar-refractivity contribution < 1.29 is 4.79 Å². The summed E-state index contributed by atoms with van der Waals surface area (Å²) in [5.74, 6) is -0.449. The maximum atomic E-state index is 12.0. The van der Waals surface area contributed by atoms with Crippen molar-refractivity contribution in [3.8, 4) is 0 Å². The molecule has 21 heavy (non-hydrogen) atoms. The number of primary amides is 1. The molecule has 0 aliphatic rings. The monoisotopic (exact) mass is 478 g/mol. The van der Waals surface area contributed by atoms with Crippen LogP contribution in [-0.2, 0) is 10.3 Å². The maximum Gasteiger partial charge on any atom is 0.247 e. The molecule has 2 rings (SSSR count). The highest BCUT2D eigenvalue weighted by Crippen LogP contribution is 2.30. The predicted octanol–water partition coefficient (Wildman–Crippen LogP) is 4.52. The van der Waals surface area contributed by atoms with Crippen LogP contribution in [0.2, 0.25) is 5.02 Å². The Labute approximate surface area is 150 Å². The van der Waals surface area contributed by atoms with E-state index in [4.69, 9.17) is 17.3 Å². The Kier molecular flexibility index (Phi) is 5.16. The van der Waals surface area contributed by atoms with Crippen molar-refractivity contribution in [3.63, 3.8) is 0 Å². The lowest BCUT2D eigenvalue weighted by atomic mass is 9.91. The molecule has 2 aromatic carbocycles. The van der Waals surface area contributed by atoms with Crippen molar-refractivity contribution in [1.29, 1.82) is 0 Å². The fourth-order valence-electron chi connectivity index (χ4n) is 1.92. The zero-order valence-electron chi connectivity index (χ0n) is 11.2.